The lowest BCUT2D eigenvalue weighted by Crippen LogP contribution is -2.32. The predicted octanol–water partition coefficient (Wildman–Crippen LogP) is 4.41. The van der Waals surface area contributed by atoms with Crippen LogP contribution in [0, 0.1) is 13.8 Å². The van der Waals surface area contributed by atoms with E-state index in [1.54, 1.807) is 26.2 Å². The van der Waals surface area contributed by atoms with E-state index < -0.39 is 6.04 Å². The molecule has 2 aromatic rings. The highest BCUT2D eigenvalue weighted by atomic mass is 35.5. The average Bonchev–Trinajstić information content (AvgIpc) is 2.58. The SMILES string of the molecule is COc1cc(OC)c(NC(C)C(=O)Nc2c(C)cccc2C)cc1Cl. The second-order valence-corrected chi connectivity index (χ2v) is 6.22. The third-order valence-corrected chi connectivity index (χ3v) is 4.26. The monoisotopic (exact) mass is 362 g/mol. The number of para-hydroxylation sites is 1. The lowest BCUT2D eigenvalue weighted by atomic mass is 10.1. The van der Waals surface area contributed by atoms with E-state index in [1.165, 1.54) is 7.11 Å². The molecule has 134 valence electrons. The zero-order valence-corrected chi connectivity index (χ0v) is 15.8. The van der Waals surface area contributed by atoms with Crippen molar-refractivity contribution in [3.63, 3.8) is 0 Å². The summed E-state index contributed by atoms with van der Waals surface area (Å²) >= 11 is 6.17. The van der Waals surface area contributed by atoms with E-state index in [1.807, 2.05) is 32.0 Å². The molecule has 0 heterocycles. The van der Waals surface area contributed by atoms with Gasteiger partial charge in [0.1, 0.15) is 17.5 Å². The molecule has 1 atom stereocenters. The minimum Gasteiger partial charge on any atom is -0.495 e. The maximum atomic E-state index is 12.6. The zero-order valence-electron chi connectivity index (χ0n) is 15.1. The van der Waals surface area contributed by atoms with Gasteiger partial charge in [0.15, 0.2) is 0 Å². The van der Waals surface area contributed by atoms with Gasteiger partial charge in [-0.3, -0.25) is 4.79 Å². The fourth-order valence-electron chi connectivity index (χ4n) is 2.51. The Morgan fingerprint density at radius 2 is 1.68 bits per heavy atom. The number of carbonyl (C=O) groups is 1. The van der Waals surface area contributed by atoms with Gasteiger partial charge in [0.2, 0.25) is 5.91 Å². The Hall–Kier alpha value is -2.40. The highest BCUT2D eigenvalue weighted by Gasteiger charge is 2.18. The van der Waals surface area contributed by atoms with Gasteiger partial charge in [0.05, 0.1) is 24.9 Å². The summed E-state index contributed by atoms with van der Waals surface area (Å²) in [6.45, 7) is 5.71. The van der Waals surface area contributed by atoms with Gasteiger partial charge in [-0.25, -0.2) is 0 Å². The van der Waals surface area contributed by atoms with E-state index in [0.29, 0.717) is 22.2 Å². The van der Waals surface area contributed by atoms with Crippen LogP contribution in [0.1, 0.15) is 18.1 Å². The fraction of sp³-hybridized carbons (Fsp3) is 0.316. The number of hydrogen-bond acceptors (Lipinski definition) is 4. The molecule has 0 radical (unpaired) electrons. The molecule has 1 amide bonds. The molecule has 6 heteroatoms. The summed E-state index contributed by atoms with van der Waals surface area (Å²) < 4.78 is 10.5. The summed E-state index contributed by atoms with van der Waals surface area (Å²) in [5.74, 6) is 0.913. The molecule has 25 heavy (non-hydrogen) atoms. The van der Waals surface area contributed by atoms with Gasteiger partial charge in [0, 0.05) is 11.8 Å². The molecular formula is C19H23ClN2O3. The third kappa shape index (κ3) is 4.37. The van der Waals surface area contributed by atoms with Crippen molar-refractivity contribution in [2.24, 2.45) is 0 Å². The maximum absolute atomic E-state index is 12.6. The van der Waals surface area contributed by atoms with Crippen molar-refractivity contribution < 1.29 is 14.3 Å². The number of ether oxygens (including phenoxy) is 2. The molecule has 1 unspecified atom stereocenters. The molecule has 2 rings (SSSR count). The Balaban J connectivity index is 2.17. The van der Waals surface area contributed by atoms with Crippen LogP contribution in [0.2, 0.25) is 5.02 Å². The number of anilines is 2. The topological polar surface area (TPSA) is 59.6 Å². The number of carbonyl (C=O) groups excluding carboxylic acids is 1. The molecule has 0 aliphatic carbocycles. The van der Waals surface area contributed by atoms with Gasteiger partial charge in [-0.1, -0.05) is 29.8 Å². The Bertz CT molecular complexity index is 757. The van der Waals surface area contributed by atoms with Crippen LogP contribution in [0.5, 0.6) is 11.5 Å². The van der Waals surface area contributed by atoms with Crippen LogP contribution >= 0.6 is 11.6 Å². The van der Waals surface area contributed by atoms with Crippen molar-refractivity contribution in [2.45, 2.75) is 26.8 Å². The highest BCUT2D eigenvalue weighted by Crippen LogP contribution is 2.36. The molecule has 2 aromatic carbocycles. The Morgan fingerprint density at radius 3 is 2.24 bits per heavy atom. The molecular weight excluding hydrogens is 340 g/mol. The van der Waals surface area contributed by atoms with Crippen LogP contribution in [0.3, 0.4) is 0 Å². The lowest BCUT2D eigenvalue weighted by molar-refractivity contribution is -0.116. The first-order valence-corrected chi connectivity index (χ1v) is 8.30. The minimum absolute atomic E-state index is 0.147. The van der Waals surface area contributed by atoms with E-state index in [-0.39, 0.29) is 5.91 Å². The van der Waals surface area contributed by atoms with E-state index >= 15 is 0 Å². The van der Waals surface area contributed by atoms with Crippen molar-refractivity contribution >= 4 is 28.9 Å². The maximum Gasteiger partial charge on any atom is 0.246 e. The number of halogens is 1. The van der Waals surface area contributed by atoms with Crippen LogP contribution in [-0.4, -0.2) is 26.2 Å². The second-order valence-electron chi connectivity index (χ2n) is 5.81. The summed E-state index contributed by atoms with van der Waals surface area (Å²) in [6.07, 6.45) is 0. The highest BCUT2D eigenvalue weighted by molar-refractivity contribution is 6.32. The molecule has 5 nitrogen and oxygen atoms in total. The van der Waals surface area contributed by atoms with Crippen LogP contribution in [-0.2, 0) is 4.79 Å². The van der Waals surface area contributed by atoms with E-state index in [0.717, 1.165) is 16.8 Å². The van der Waals surface area contributed by atoms with Crippen LogP contribution < -0.4 is 20.1 Å². The summed E-state index contributed by atoms with van der Waals surface area (Å²) in [6, 6.07) is 8.77. The van der Waals surface area contributed by atoms with Crippen LogP contribution in [0.15, 0.2) is 30.3 Å². The Morgan fingerprint density at radius 1 is 1.08 bits per heavy atom. The van der Waals surface area contributed by atoms with E-state index in [2.05, 4.69) is 10.6 Å². The first-order valence-electron chi connectivity index (χ1n) is 7.92. The largest absolute Gasteiger partial charge is 0.495 e. The fourth-order valence-corrected chi connectivity index (χ4v) is 2.76. The zero-order chi connectivity index (χ0) is 18.6. The van der Waals surface area contributed by atoms with Gasteiger partial charge in [-0.2, -0.15) is 0 Å². The second kappa shape index (κ2) is 8.12. The lowest BCUT2D eigenvalue weighted by Gasteiger charge is -2.19. The van der Waals surface area contributed by atoms with E-state index in [9.17, 15) is 4.79 Å². The number of nitrogens with one attached hydrogen (secondary N) is 2. The molecule has 0 saturated heterocycles. The summed E-state index contributed by atoms with van der Waals surface area (Å²) in [5.41, 5.74) is 3.49. The van der Waals surface area contributed by atoms with E-state index in [4.69, 9.17) is 21.1 Å². The van der Waals surface area contributed by atoms with Crippen LogP contribution in [0.4, 0.5) is 11.4 Å². The normalized spacial score (nSPS) is 11.6. The summed E-state index contributed by atoms with van der Waals surface area (Å²) in [4.78, 5) is 12.6. The number of methoxy groups -OCH3 is 2. The summed E-state index contributed by atoms with van der Waals surface area (Å²) in [7, 11) is 3.09. The molecule has 0 fully saturated rings. The number of aryl methyl sites for hydroxylation is 2. The number of hydrogen-bond donors (Lipinski definition) is 2. The quantitative estimate of drug-likeness (QED) is 0.798. The number of benzene rings is 2. The molecule has 0 spiro atoms. The van der Waals surface area contributed by atoms with Crippen molar-refractivity contribution in [1.82, 2.24) is 0 Å². The first-order chi connectivity index (χ1) is 11.9. The van der Waals surface area contributed by atoms with Gasteiger partial charge >= 0.3 is 0 Å². The molecule has 2 N–H and O–H groups in total. The van der Waals surface area contributed by atoms with Gasteiger partial charge < -0.3 is 20.1 Å². The standard InChI is InChI=1S/C19H23ClN2O3/c1-11-7-6-8-12(2)18(11)22-19(23)13(3)21-15-9-14(20)16(24-4)10-17(15)25-5/h6-10,13,21H,1-5H3,(H,22,23). The minimum atomic E-state index is -0.489. The van der Waals surface area contributed by atoms with Gasteiger partial charge in [-0.05, 0) is 38.0 Å². The number of rotatable bonds is 6. The van der Waals surface area contributed by atoms with Gasteiger partial charge in [-0.15, -0.1) is 0 Å². The van der Waals surface area contributed by atoms with Crippen molar-refractivity contribution in [3.05, 3.63) is 46.5 Å². The molecule has 0 aliphatic rings. The molecule has 0 bridgehead atoms. The molecule has 0 aromatic heterocycles. The molecule has 0 aliphatic heterocycles. The summed E-state index contributed by atoms with van der Waals surface area (Å²) in [5, 5.41) is 6.55. The van der Waals surface area contributed by atoms with Crippen molar-refractivity contribution in [2.75, 3.05) is 24.9 Å². The average molecular weight is 363 g/mol. The Labute approximate surface area is 153 Å². The van der Waals surface area contributed by atoms with Crippen molar-refractivity contribution in [1.29, 1.82) is 0 Å². The number of amides is 1. The molecule has 0 saturated carbocycles. The first kappa shape index (κ1) is 18.9. The van der Waals surface area contributed by atoms with Crippen LogP contribution in [0.25, 0.3) is 0 Å². The predicted molar refractivity (Wildman–Crippen MR) is 102 cm³/mol. The smallest absolute Gasteiger partial charge is 0.246 e. The van der Waals surface area contributed by atoms with Gasteiger partial charge in [0.25, 0.3) is 0 Å². The van der Waals surface area contributed by atoms with Crippen molar-refractivity contribution in [3.8, 4) is 11.5 Å². The third-order valence-electron chi connectivity index (χ3n) is 3.97. The Kier molecular flexibility index (Phi) is 6.15.